The number of benzene rings is 1. The zero-order valence-electron chi connectivity index (χ0n) is 13.1. The molecule has 0 unspecified atom stereocenters. The van der Waals surface area contributed by atoms with Gasteiger partial charge in [0.2, 0.25) is 0 Å². The Morgan fingerprint density at radius 2 is 2.08 bits per heavy atom. The summed E-state index contributed by atoms with van der Waals surface area (Å²) in [7, 11) is 1.30. The number of aromatic nitrogens is 2. The third-order valence-corrected chi connectivity index (χ3v) is 3.82. The molecule has 0 amide bonds. The van der Waals surface area contributed by atoms with Crippen LogP contribution >= 0.6 is 11.6 Å². The fourth-order valence-corrected chi connectivity index (χ4v) is 2.70. The first-order chi connectivity index (χ1) is 12.0. The van der Waals surface area contributed by atoms with Crippen LogP contribution in [0.25, 0.3) is 10.9 Å². The highest BCUT2D eigenvalue weighted by Gasteiger charge is 2.16. The molecule has 2 aromatic heterocycles. The van der Waals surface area contributed by atoms with Gasteiger partial charge in [-0.05, 0) is 29.8 Å². The highest BCUT2D eigenvalue weighted by atomic mass is 35.5. The second-order valence-electron chi connectivity index (χ2n) is 5.30. The van der Waals surface area contributed by atoms with E-state index in [1.54, 1.807) is 24.3 Å². The molecule has 0 radical (unpaired) electrons. The Balaban J connectivity index is 2.04. The van der Waals surface area contributed by atoms with E-state index in [9.17, 15) is 14.9 Å². The lowest BCUT2D eigenvalue weighted by atomic mass is 10.0. The molecule has 0 atom stereocenters. The Morgan fingerprint density at radius 3 is 2.80 bits per heavy atom. The Morgan fingerprint density at radius 1 is 1.28 bits per heavy atom. The zero-order chi connectivity index (χ0) is 18.0. The quantitative estimate of drug-likeness (QED) is 0.402. The summed E-state index contributed by atoms with van der Waals surface area (Å²) >= 11 is 5.94. The molecule has 0 saturated heterocycles. The van der Waals surface area contributed by atoms with Crippen molar-refractivity contribution in [3.63, 3.8) is 0 Å². The van der Waals surface area contributed by atoms with Crippen molar-refractivity contribution in [2.45, 2.75) is 6.42 Å². The van der Waals surface area contributed by atoms with Gasteiger partial charge < -0.3 is 4.74 Å². The molecule has 126 valence electrons. The average Bonchev–Trinajstić information content (AvgIpc) is 2.60. The summed E-state index contributed by atoms with van der Waals surface area (Å²) in [6.07, 6.45) is 3.18. The second-order valence-corrected chi connectivity index (χ2v) is 5.74. The summed E-state index contributed by atoms with van der Waals surface area (Å²) in [5.41, 5.74) is 1.79. The monoisotopic (exact) mass is 357 g/mol. The molecule has 3 aromatic rings. The second kappa shape index (κ2) is 6.82. The van der Waals surface area contributed by atoms with Crippen molar-refractivity contribution in [2.75, 3.05) is 7.11 Å². The standard InChI is InChI=1S/C17H12ClN3O4/c1-25-17(22)11-2-3-19-14(8-11)5-10-4-12-7-13(18)9-20-16(12)15(6-10)21(23)24/h2-4,6-9H,5H2,1H3. The van der Waals surface area contributed by atoms with E-state index in [-0.39, 0.29) is 11.2 Å². The molecule has 2 heterocycles. The summed E-state index contributed by atoms with van der Waals surface area (Å²) in [6, 6.07) is 7.99. The SMILES string of the molecule is COC(=O)c1ccnc(Cc2cc([N+](=O)[O-])c3ncc(Cl)cc3c2)c1. The number of halogens is 1. The average molecular weight is 358 g/mol. The van der Waals surface area contributed by atoms with E-state index in [1.165, 1.54) is 25.6 Å². The third kappa shape index (κ3) is 3.56. The molecule has 25 heavy (non-hydrogen) atoms. The summed E-state index contributed by atoms with van der Waals surface area (Å²) in [4.78, 5) is 30.7. The van der Waals surface area contributed by atoms with Gasteiger partial charge in [-0.15, -0.1) is 0 Å². The minimum atomic E-state index is -0.481. The summed E-state index contributed by atoms with van der Waals surface area (Å²) in [5.74, 6) is -0.468. The largest absolute Gasteiger partial charge is 0.465 e. The van der Waals surface area contributed by atoms with Crippen molar-refractivity contribution < 1.29 is 14.5 Å². The molecule has 0 N–H and O–H groups in total. The van der Waals surface area contributed by atoms with Crippen molar-refractivity contribution in [2.24, 2.45) is 0 Å². The van der Waals surface area contributed by atoms with E-state index in [0.717, 1.165) is 0 Å². The Bertz CT molecular complexity index is 991. The molecule has 0 saturated carbocycles. The van der Waals surface area contributed by atoms with Crippen LogP contribution < -0.4 is 0 Å². The number of hydrogen-bond acceptors (Lipinski definition) is 6. The number of pyridine rings is 2. The maximum Gasteiger partial charge on any atom is 0.337 e. The molecular weight excluding hydrogens is 346 g/mol. The van der Waals surface area contributed by atoms with Gasteiger partial charge in [0.1, 0.15) is 5.52 Å². The number of non-ortho nitro benzene ring substituents is 1. The van der Waals surface area contributed by atoms with Gasteiger partial charge in [-0.2, -0.15) is 0 Å². The lowest BCUT2D eigenvalue weighted by Crippen LogP contribution is -2.03. The third-order valence-electron chi connectivity index (χ3n) is 3.61. The predicted molar refractivity (Wildman–Crippen MR) is 91.8 cm³/mol. The molecule has 0 aliphatic heterocycles. The maximum absolute atomic E-state index is 11.6. The lowest BCUT2D eigenvalue weighted by Gasteiger charge is -2.06. The van der Waals surface area contributed by atoms with Crippen LogP contribution in [-0.2, 0) is 11.2 Å². The molecule has 0 spiro atoms. The van der Waals surface area contributed by atoms with Gasteiger partial charge >= 0.3 is 5.97 Å². The number of nitrogens with zero attached hydrogens (tertiary/aromatic N) is 3. The number of nitro benzene ring substituents is 1. The highest BCUT2D eigenvalue weighted by Crippen LogP contribution is 2.28. The van der Waals surface area contributed by atoms with Crippen LogP contribution in [-0.4, -0.2) is 28.0 Å². The molecule has 8 heteroatoms. The van der Waals surface area contributed by atoms with Crippen LogP contribution in [0.5, 0.6) is 0 Å². The van der Waals surface area contributed by atoms with E-state index in [4.69, 9.17) is 11.6 Å². The van der Waals surface area contributed by atoms with Crippen molar-refractivity contribution in [3.8, 4) is 0 Å². The van der Waals surface area contributed by atoms with Crippen LogP contribution in [0.15, 0.2) is 42.7 Å². The fraction of sp³-hybridized carbons (Fsp3) is 0.118. The number of ether oxygens (including phenoxy) is 1. The minimum absolute atomic E-state index is 0.103. The van der Waals surface area contributed by atoms with Gasteiger partial charge in [0, 0.05) is 36.0 Å². The number of methoxy groups -OCH3 is 1. The number of carbonyl (C=O) groups excluding carboxylic acids is 1. The molecule has 0 bridgehead atoms. The van der Waals surface area contributed by atoms with Gasteiger partial charge in [-0.3, -0.25) is 15.1 Å². The van der Waals surface area contributed by atoms with E-state index in [2.05, 4.69) is 14.7 Å². The van der Waals surface area contributed by atoms with Crippen molar-refractivity contribution in [1.82, 2.24) is 9.97 Å². The Kier molecular flexibility index (Phi) is 4.58. The molecular formula is C17H12ClN3O4. The normalized spacial score (nSPS) is 10.6. The van der Waals surface area contributed by atoms with Crippen molar-refractivity contribution in [1.29, 1.82) is 0 Å². The highest BCUT2D eigenvalue weighted by molar-refractivity contribution is 6.31. The van der Waals surface area contributed by atoms with Crippen LogP contribution in [0.3, 0.4) is 0 Å². The van der Waals surface area contributed by atoms with E-state index in [1.807, 2.05) is 0 Å². The Hall–Kier alpha value is -3.06. The zero-order valence-corrected chi connectivity index (χ0v) is 13.9. The molecule has 0 aliphatic carbocycles. The first-order valence-corrected chi connectivity index (χ1v) is 7.61. The number of rotatable bonds is 4. The number of hydrogen-bond donors (Lipinski definition) is 0. The van der Waals surface area contributed by atoms with E-state index in [0.29, 0.717) is 33.7 Å². The van der Waals surface area contributed by atoms with Crippen molar-refractivity contribution >= 4 is 34.2 Å². The first-order valence-electron chi connectivity index (χ1n) is 7.24. The smallest absolute Gasteiger partial charge is 0.337 e. The van der Waals surface area contributed by atoms with Crippen molar-refractivity contribution in [3.05, 3.63) is 74.7 Å². The molecule has 3 rings (SSSR count). The number of esters is 1. The maximum atomic E-state index is 11.6. The molecule has 0 fully saturated rings. The van der Waals surface area contributed by atoms with Crippen LogP contribution in [0.4, 0.5) is 5.69 Å². The summed E-state index contributed by atoms with van der Waals surface area (Å²) in [5, 5.41) is 12.3. The lowest BCUT2D eigenvalue weighted by molar-refractivity contribution is -0.383. The molecule has 1 aromatic carbocycles. The summed E-state index contributed by atoms with van der Waals surface area (Å²) < 4.78 is 4.68. The minimum Gasteiger partial charge on any atom is -0.465 e. The summed E-state index contributed by atoms with van der Waals surface area (Å²) in [6.45, 7) is 0. The predicted octanol–water partition coefficient (Wildman–Crippen LogP) is 3.57. The van der Waals surface area contributed by atoms with Gasteiger partial charge in [0.05, 0.1) is 22.6 Å². The van der Waals surface area contributed by atoms with Gasteiger partial charge in [0.15, 0.2) is 0 Å². The topological polar surface area (TPSA) is 95.2 Å². The molecule has 0 aliphatic rings. The number of fused-ring (bicyclic) bond motifs is 1. The number of nitro groups is 1. The molecule has 7 nitrogen and oxygen atoms in total. The Labute approximate surface area is 147 Å². The van der Waals surface area contributed by atoms with Gasteiger partial charge in [0.25, 0.3) is 5.69 Å². The van der Waals surface area contributed by atoms with Crippen LogP contribution in [0, 0.1) is 10.1 Å². The number of carbonyl (C=O) groups is 1. The van der Waals surface area contributed by atoms with Crippen LogP contribution in [0.2, 0.25) is 5.02 Å². The van der Waals surface area contributed by atoms with E-state index >= 15 is 0 Å². The van der Waals surface area contributed by atoms with E-state index < -0.39 is 10.9 Å². The van der Waals surface area contributed by atoms with Crippen LogP contribution in [0.1, 0.15) is 21.6 Å². The van der Waals surface area contributed by atoms with Gasteiger partial charge in [-0.1, -0.05) is 11.6 Å². The fourth-order valence-electron chi connectivity index (χ4n) is 2.53. The first kappa shape index (κ1) is 16.8. The van der Waals surface area contributed by atoms with Gasteiger partial charge in [-0.25, -0.2) is 9.78 Å².